The number of nitrogen functional groups attached to an aromatic ring is 1. The minimum absolute atomic E-state index is 0.322. The molecule has 1 aromatic heterocycles. The second kappa shape index (κ2) is 5.44. The molecular weight excluding hydrogens is 266 g/mol. The SMILES string of the molecule is CCOC(=O)c1ccnc(N2CCc3ccccc32)c1N. The van der Waals surface area contributed by atoms with Crippen LogP contribution in [0.3, 0.4) is 0 Å². The number of anilines is 3. The molecular formula is C16H17N3O2. The lowest BCUT2D eigenvalue weighted by molar-refractivity contribution is 0.0527. The smallest absolute Gasteiger partial charge is 0.340 e. The number of aromatic nitrogens is 1. The highest BCUT2D eigenvalue weighted by atomic mass is 16.5. The van der Waals surface area contributed by atoms with E-state index in [0.29, 0.717) is 23.7 Å². The molecule has 2 heterocycles. The molecule has 1 aliphatic heterocycles. The van der Waals surface area contributed by atoms with Gasteiger partial charge in [0, 0.05) is 18.4 Å². The molecule has 1 aromatic carbocycles. The summed E-state index contributed by atoms with van der Waals surface area (Å²) in [5, 5.41) is 0. The van der Waals surface area contributed by atoms with Gasteiger partial charge in [-0.05, 0) is 31.0 Å². The number of nitrogens with two attached hydrogens (primary N) is 1. The Labute approximate surface area is 123 Å². The first-order valence-electron chi connectivity index (χ1n) is 6.99. The Morgan fingerprint density at radius 3 is 3.00 bits per heavy atom. The lowest BCUT2D eigenvalue weighted by atomic mass is 10.2. The second-order valence-electron chi connectivity index (χ2n) is 4.85. The van der Waals surface area contributed by atoms with Gasteiger partial charge in [-0.2, -0.15) is 0 Å². The van der Waals surface area contributed by atoms with Crippen LogP contribution in [0.15, 0.2) is 36.5 Å². The van der Waals surface area contributed by atoms with Crippen LogP contribution < -0.4 is 10.6 Å². The summed E-state index contributed by atoms with van der Waals surface area (Å²) < 4.78 is 5.03. The van der Waals surface area contributed by atoms with Gasteiger partial charge >= 0.3 is 5.97 Å². The fraction of sp³-hybridized carbons (Fsp3) is 0.250. The predicted octanol–water partition coefficient (Wildman–Crippen LogP) is 2.53. The van der Waals surface area contributed by atoms with E-state index in [0.717, 1.165) is 18.7 Å². The third-order valence-corrected chi connectivity index (χ3v) is 3.61. The van der Waals surface area contributed by atoms with Gasteiger partial charge < -0.3 is 15.4 Å². The number of esters is 1. The summed E-state index contributed by atoms with van der Waals surface area (Å²) in [4.78, 5) is 18.3. The molecule has 0 aliphatic carbocycles. The van der Waals surface area contributed by atoms with Gasteiger partial charge in [-0.1, -0.05) is 18.2 Å². The second-order valence-corrected chi connectivity index (χ2v) is 4.85. The third kappa shape index (κ3) is 2.31. The van der Waals surface area contributed by atoms with E-state index >= 15 is 0 Å². The van der Waals surface area contributed by atoms with Gasteiger partial charge in [0.2, 0.25) is 0 Å². The van der Waals surface area contributed by atoms with Crippen LogP contribution >= 0.6 is 0 Å². The van der Waals surface area contributed by atoms with E-state index in [-0.39, 0.29) is 0 Å². The molecule has 0 saturated carbocycles. The quantitative estimate of drug-likeness (QED) is 0.877. The summed E-state index contributed by atoms with van der Waals surface area (Å²) >= 11 is 0. The molecule has 2 aromatic rings. The van der Waals surface area contributed by atoms with Crippen LogP contribution in [0.5, 0.6) is 0 Å². The van der Waals surface area contributed by atoms with Gasteiger partial charge in [0.25, 0.3) is 0 Å². The van der Waals surface area contributed by atoms with Gasteiger partial charge in [-0.3, -0.25) is 0 Å². The van der Waals surface area contributed by atoms with Crippen LogP contribution in [-0.4, -0.2) is 24.1 Å². The Morgan fingerprint density at radius 2 is 2.19 bits per heavy atom. The molecule has 108 valence electrons. The molecule has 2 N–H and O–H groups in total. The molecule has 0 fully saturated rings. The highest BCUT2D eigenvalue weighted by Crippen LogP contribution is 2.36. The van der Waals surface area contributed by atoms with Crippen LogP contribution in [0.2, 0.25) is 0 Å². The Balaban J connectivity index is 2.01. The zero-order chi connectivity index (χ0) is 14.8. The van der Waals surface area contributed by atoms with Gasteiger partial charge in [0.1, 0.15) is 0 Å². The number of pyridine rings is 1. The van der Waals surface area contributed by atoms with E-state index in [1.165, 1.54) is 5.56 Å². The summed E-state index contributed by atoms with van der Waals surface area (Å²) in [7, 11) is 0. The van der Waals surface area contributed by atoms with Crippen molar-refractivity contribution in [3.8, 4) is 0 Å². The largest absolute Gasteiger partial charge is 0.462 e. The number of para-hydroxylation sites is 1. The zero-order valence-electron chi connectivity index (χ0n) is 11.9. The van der Waals surface area contributed by atoms with Crippen LogP contribution in [0.1, 0.15) is 22.8 Å². The summed E-state index contributed by atoms with van der Waals surface area (Å²) in [6.45, 7) is 2.90. The number of fused-ring (bicyclic) bond motifs is 1. The minimum Gasteiger partial charge on any atom is -0.462 e. The molecule has 0 bridgehead atoms. The van der Waals surface area contributed by atoms with Crippen LogP contribution in [0, 0.1) is 0 Å². The highest BCUT2D eigenvalue weighted by Gasteiger charge is 2.24. The van der Waals surface area contributed by atoms with Crippen molar-refractivity contribution in [3.63, 3.8) is 0 Å². The lowest BCUT2D eigenvalue weighted by Gasteiger charge is -2.21. The number of hydrogen-bond donors (Lipinski definition) is 1. The molecule has 0 unspecified atom stereocenters. The van der Waals surface area contributed by atoms with E-state index in [9.17, 15) is 4.79 Å². The van der Waals surface area contributed by atoms with Crippen molar-refractivity contribution in [3.05, 3.63) is 47.7 Å². The van der Waals surface area contributed by atoms with Crippen molar-refractivity contribution in [2.45, 2.75) is 13.3 Å². The highest BCUT2D eigenvalue weighted by molar-refractivity contribution is 5.98. The molecule has 3 rings (SSSR count). The number of nitrogens with zero attached hydrogens (tertiary/aromatic N) is 2. The molecule has 1 aliphatic rings. The Hall–Kier alpha value is -2.56. The number of ether oxygens (including phenoxy) is 1. The van der Waals surface area contributed by atoms with E-state index in [2.05, 4.69) is 11.1 Å². The number of rotatable bonds is 3. The maximum absolute atomic E-state index is 11.9. The van der Waals surface area contributed by atoms with Gasteiger partial charge in [-0.25, -0.2) is 9.78 Å². The first-order valence-corrected chi connectivity index (χ1v) is 6.99. The van der Waals surface area contributed by atoms with Crippen LogP contribution in [0.4, 0.5) is 17.2 Å². The maximum atomic E-state index is 11.9. The molecule has 0 atom stereocenters. The van der Waals surface area contributed by atoms with E-state index in [4.69, 9.17) is 10.5 Å². The summed E-state index contributed by atoms with van der Waals surface area (Å²) in [6, 6.07) is 9.75. The molecule has 21 heavy (non-hydrogen) atoms. The molecule has 5 heteroatoms. The zero-order valence-corrected chi connectivity index (χ0v) is 11.9. The van der Waals surface area contributed by atoms with Crippen LogP contribution in [-0.2, 0) is 11.2 Å². The monoisotopic (exact) mass is 283 g/mol. The maximum Gasteiger partial charge on any atom is 0.340 e. The average Bonchev–Trinajstić information content (AvgIpc) is 2.91. The fourth-order valence-electron chi connectivity index (χ4n) is 2.62. The lowest BCUT2D eigenvalue weighted by Crippen LogP contribution is -2.19. The van der Waals surface area contributed by atoms with Crippen molar-refractivity contribution in [1.82, 2.24) is 4.98 Å². The van der Waals surface area contributed by atoms with Crippen LogP contribution in [0.25, 0.3) is 0 Å². The topological polar surface area (TPSA) is 68.5 Å². The third-order valence-electron chi connectivity index (χ3n) is 3.61. The van der Waals surface area contributed by atoms with Gasteiger partial charge in [-0.15, -0.1) is 0 Å². The van der Waals surface area contributed by atoms with Crippen molar-refractivity contribution >= 4 is 23.2 Å². The Morgan fingerprint density at radius 1 is 1.38 bits per heavy atom. The predicted molar refractivity (Wildman–Crippen MR) is 81.8 cm³/mol. The first-order chi connectivity index (χ1) is 10.2. The van der Waals surface area contributed by atoms with Crippen molar-refractivity contribution in [2.24, 2.45) is 0 Å². The van der Waals surface area contributed by atoms with Gasteiger partial charge in [0.05, 0.1) is 17.9 Å². The van der Waals surface area contributed by atoms with E-state index in [1.807, 2.05) is 23.1 Å². The summed E-state index contributed by atoms with van der Waals surface area (Å²) in [5.74, 6) is 0.205. The van der Waals surface area contributed by atoms with Gasteiger partial charge in [0.15, 0.2) is 5.82 Å². The van der Waals surface area contributed by atoms with Crippen molar-refractivity contribution in [2.75, 3.05) is 23.8 Å². The number of hydrogen-bond acceptors (Lipinski definition) is 5. The van der Waals surface area contributed by atoms with Crippen molar-refractivity contribution in [1.29, 1.82) is 0 Å². The molecule has 0 spiro atoms. The number of benzene rings is 1. The fourth-order valence-corrected chi connectivity index (χ4v) is 2.62. The molecule has 0 saturated heterocycles. The van der Waals surface area contributed by atoms with Crippen molar-refractivity contribution < 1.29 is 9.53 Å². The Bertz CT molecular complexity index is 685. The minimum atomic E-state index is -0.411. The molecule has 0 amide bonds. The average molecular weight is 283 g/mol. The normalized spacial score (nSPS) is 13.1. The number of carbonyl (C=O) groups excluding carboxylic acids is 1. The van der Waals surface area contributed by atoms with E-state index in [1.54, 1.807) is 19.2 Å². The molecule has 0 radical (unpaired) electrons. The number of carbonyl (C=O) groups is 1. The first kappa shape index (κ1) is 13.4. The summed E-state index contributed by atoms with van der Waals surface area (Å²) in [6.07, 6.45) is 2.54. The van der Waals surface area contributed by atoms with E-state index < -0.39 is 5.97 Å². The standard InChI is InChI=1S/C16H17N3O2/c1-2-21-16(20)12-7-9-18-15(14(12)17)19-10-8-11-5-3-4-6-13(11)19/h3-7,9H,2,8,10,17H2,1H3. The Kier molecular flexibility index (Phi) is 3.48. The summed E-state index contributed by atoms with van der Waals surface area (Å²) in [5.41, 5.74) is 9.24. The molecule has 5 nitrogen and oxygen atoms in total.